The van der Waals surface area contributed by atoms with E-state index < -0.39 is 17.9 Å². The molecule has 0 bridgehead atoms. The molecule has 0 aliphatic rings. The van der Waals surface area contributed by atoms with Crippen molar-refractivity contribution < 1.29 is 38.1 Å². The Hall–Kier alpha value is -4.07. The van der Waals surface area contributed by atoms with Crippen molar-refractivity contribution in [2.45, 2.75) is 58.3 Å². The maximum absolute atomic E-state index is 12.8. The predicted molar refractivity (Wildman–Crippen MR) is 153 cm³/mol. The molecule has 0 atom stereocenters. The number of hydrogen-bond donors (Lipinski definition) is 0. The lowest BCUT2D eigenvalue weighted by atomic mass is 10.2. The van der Waals surface area contributed by atoms with Crippen LogP contribution in [0.3, 0.4) is 0 Å². The van der Waals surface area contributed by atoms with Crippen molar-refractivity contribution in [3.8, 4) is 17.2 Å². The summed E-state index contributed by atoms with van der Waals surface area (Å²) >= 11 is 0. The summed E-state index contributed by atoms with van der Waals surface area (Å²) in [6, 6.07) is 12.3. The average Bonchev–Trinajstić information content (AvgIpc) is 2.96. The SMILES string of the molecule is C=CC(=O)OCCCCCCOc1ccc(C(=O)Oc2ccc(C)cc2)cc1OCCCCCCOC(=O)C=C. The van der Waals surface area contributed by atoms with Crippen molar-refractivity contribution in [2.24, 2.45) is 0 Å². The van der Waals surface area contributed by atoms with Crippen LogP contribution < -0.4 is 14.2 Å². The summed E-state index contributed by atoms with van der Waals surface area (Å²) in [6.45, 7) is 10.4. The molecule has 0 fully saturated rings. The quantitative estimate of drug-likeness (QED) is 0.0789. The number of benzene rings is 2. The van der Waals surface area contributed by atoms with Gasteiger partial charge in [-0.3, -0.25) is 0 Å². The number of hydrogen-bond acceptors (Lipinski definition) is 8. The second-order valence-corrected chi connectivity index (χ2v) is 9.13. The third kappa shape index (κ3) is 13.1. The molecule has 2 aromatic carbocycles. The zero-order valence-electron chi connectivity index (χ0n) is 23.4. The topological polar surface area (TPSA) is 97.4 Å². The van der Waals surface area contributed by atoms with E-state index in [4.69, 9.17) is 23.7 Å². The van der Waals surface area contributed by atoms with Crippen LogP contribution in [-0.4, -0.2) is 44.3 Å². The average molecular weight is 553 g/mol. The van der Waals surface area contributed by atoms with Crippen LogP contribution in [0.25, 0.3) is 0 Å². The molecule has 40 heavy (non-hydrogen) atoms. The van der Waals surface area contributed by atoms with Gasteiger partial charge in [0.05, 0.1) is 32.0 Å². The van der Waals surface area contributed by atoms with Gasteiger partial charge >= 0.3 is 17.9 Å². The Morgan fingerprint density at radius 2 is 1.15 bits per heavy atom. The fourth-order valence-electron chi connectivity index (χ4n) is 3.58. The Kier molecular flexibility index (Phi) is 15.3. The van der Waals surface area contributed by atoms with E-state index in [1.54, 1.807) is 30.3 Å². The first kappa shape index (κ1) is 32.1. The first-order valence-corrected chi connectivity index (χ1v) is 13.7. The summed E-state index contributed by atoms with van der Waals surface area (Å²) in [6.07, 6.45) is 9.11. The number of rotatable bonds is 20. The first-order valence-electron chi connectivity index (χ1n) is 13.7. The van der Waals surface area contributed by atoms with E-state index >= 15 is 0 Å². The number of unbranched alkanes of at least 4 members (excludes halogenated alkanes) is 6. The minimum Gasteiger partial charge on any atom is -0.490 e. The Bertz CT molecular complexity index is 1090. The highest BCUT2D eigenvalue weighted by Crippen LogP contribution is 2.30. The van der Waals surface area contributed by atoms with Gasteiger partial charge in [-0.15, -0.1) is 0 Å². The van der Waals surface area contributed by atoms with E-state index in [1.165, 1.54) is 0 Å². The molecule has 0 spiro atoms. The molecule has 2 aromatic rings. The lowest BCUT2D eigenvalue weighted by molar-refractivity contribution is -0.138. The highest BCUT2D eigenvalue weighted by molar-refractivity contribution is 5.91. The molecule has 0 amide bonds. The van der Waals surface area contributed by atoms with Gasteiger partial charge in [0.1, 0.15) is 5.75 Å². The number of aryl methyl sites for hydroxylation is 1. The minimum absolute atomic E-state index is 0.362. The Morgan fingerprint density at radius 3 is 1.68 bits per heavy atom. The van der Waals surface area contributed by atoms with Crippen LogP contribution in [0.5, 0.6) is 17.2 Å². The molecule has 0 unspecified atom stereocenters. The molecule has 0 heterocycles. The van der Waals surface area contributed by atoms with Crippen molar-refractivity contribution in [2.75, 3.05) is 26.4 Å². The maximum atomic E-state index is 12.8. The molecule has 8 heteroatoms. The second kappa shape index (κ2) is 19.1. The molecule has 0 saturated carbocycles. The second-order valence-electron chi connectivity index (χ2n) is 9.13. The summed E-state index contributed by atoms with van der Waals surface area (Å²) in [4.78, 5) is 34.9. The number of ether oxygens (including phenoxy) is 5. The van der Waals surface area contributed by atoms with Gasteiger partial charge in [-0.05, 0) is 88.6 Å². The van der Waals surface area contributed by atoms with Gasteiger partial charge in [0, 0.05) is 12.2 Å². The van der Waals surface area contributed by atoms with Gasteiger partial charge in [-0.2, -0.15) is 0 Å². The molecule has 0 saturated heterocycles. The molecule has 8 nitrogen and oxygen atoms in total. The summed E-state index contributed by atoms with van der Waals surface area (Å²) in [5.41, 5.74) is 1.44. The van der Waals surface area contributed by atoms with E-state index in [2.05, 4.69) is 13.2 Å². The third-order valence-corrected chi connectivity index (χ3v) is 5.83. The summed E-state index contributed by atoms with van der Waals surface area (Å²) < 4.78 is 27.5. The van der Waals surface area contributed by atoms with Gasteiger partial charge in [0.2, 0.25) is 0 Å². The van der Waals surface area contributed by atoms with Crippen molar-refractivity contribution in [1.29, 1.82) is 0 Å². The molecular weight excluding hydrogens is 512 g/mol. The van der Waals surface area contributed by atoms with E-state index in [0.29, 0.717) is 49.2 Å². The van der Waals surface area contributed by atoms with Gasteiger partial charge < -0.3 is 23.7 Å². The van der Waals surface area contributed by atoms with Crippen LogP contribution in [-0.2, 0) is 19.1 Å². The highest BCUT2D eigenvalue weighted by Gasteiger charge is 2.14. The fraction of sp³-hybridized carbons (Fsp3) is 0.406. The highest BCUT2D eigenvalue weighted by atomic mass is 16.5. The van der Waals surface area contributed by atoms with E-state index in [-0.39, 0.29) is 0 Å². The van der Waals surface area contributed by atoms with Crippen LogP contribution in [0.1, 0.15) is 67.3 Å². The molecule has 0 N–H and O–H groups in total. The molecule has 216 valence electrons. The van der Waals surface area contributed by atoms with Crippen LogP contribution >= 0.6 is 0 Å². The van der Waals surface area contributed by atoms with Crippen molar-refractivity contribution in [3.63, 3.8) is 0 Å². The predicted octanol–water partition coefficient (Wildman–Crippen LogP) is 6.55. The Balaban J connectivity index is 1.87. The normalized spacial score (nSPS) is 10.3. The van der Waals surface area contributed by atoms with E-state index in [1.807, 2.05) is 19.1 Å². The van der Waals surface area contributed by atoms with Gasteiger partial charge in [-0.1, -0.05) is 30.9 Å². The van der Waals surface area contributed by atoms with E-state index in [0.717, 1.165) is 69.1 Å². The summed E-state index contributed by atoms with van der Waals surface area (Å²) in [5.74, 6) is 0.211. The fourth-order valence-corrected chi connectivity index (χ4v) is 3.58. The largest absolute Gasteiger partial charge is 0.490 e. The molecule has 0 aliphatic carbocycles. The molecule has 2 rings (SSSR count). The minimum atomic E-state index is -0.480. The lowest BCUT2D eigenvalue weighted by Crippen LogP contribution is -2.10. The Morgan fingerprint density at radius 1 is 0.650 bits per heavy atom. The van der Waals surface area contributed by atoms with Gasteiger partial charge in [0.15, 0.2) is 11.5 Å². The van der Waals surface area contributed by atoms with Crippen LogP contribution in [0, 0.1) is 6.92 Å². The zero-order valence-corrected chi connectivity index (χ0v) is 23.4. The monoisotopic (exact) mass is 552 g/mol. The Labute approximate surface area is 236 Å². The smallest absolute Gasteiger partial charge is 0.343 e. The maximum Gasteiger partial charge on any atom is 0.343 e. The molecular formula is C32H40O8. The molecule has 0 aromatic heterocycles. The molecule has 0 radical (unpaired) electrons. The number of carbonyl (C=O) groups excluding carboxylic acids is 3. The van der Waals surface area contributed by atoms with Crippen molar-refractivity contribution >= 4 is 17.9 Å². The third-order valence-electron chi connectivity index (χ3n) is 5.83. The van der Waals surface area contributed by atoms with Crippen LogP contribution in [0.15, 0.2) is 67.8 Å². The van der Waals surface area contributed by atoms with E-state index in [9.17, 15) is 14.4 Å². The van der Waals surface area contributed by atoms with Crippen LogP contribution in [0.4, 0.5) is 0 Å². The van der Waals surface area contributed by atoms with Gasteiger partial charge in [0.25, 0.3) is 0 Å². The molecule has 0 aliphatic heterocycles. The lowest BCUT2D eigenvalue weighted by Gasteiger charge is -2.14. The summed E-state index contributed by atoms with van der Waals surface area (Å²) in [7, 11) is 0. The van der Waals surface area contributed by atoms with Gasteiger partial charge in [-0.25, -0.2) is 14.4 Å². The number of carbonyl (C=O) groups is 3. The first-order chi connectivity index (χ1) is 19.4. The number of esters is 3. The van der Waals surface area contributed by atoms with Crippen LogP contribution in [0.2, 0.25) is 0 Å². The summed E-state index contributed by atoms with van der Waals surface area (Å²) in [5, 5.41) is 0. The standard InChI is InChI=1S/C32H40O8/c1-4-30(33)38-22-12-8-6-10-20-36-28-19-16-26(32(35)40-27-17-14-25(3)15-18-27)24-29(28)37-21-11-7-9-13-23-39-31(34)5-2/h4-5,14-19,24H,1-2,6-13,20-23H2,3H3. The zero-order chi connectivity index (χ0) is 29.0. The van der Waals surface area contributed by atoms with Crippen molar-refractivity contribution in [1.82, 2.24) is 0 Å². The van der Waals surface area contributed by atoms with Crippen molar-refractivity contribution in [3.05, 3.63) is 78.9 Å².